The molecule has 0 amide bonds. The van der Waals surface area contributed by atoms with Crippen LogP contribution in [0.1, 0.15) is 6.23 Å². The van der Waals surface area contributed by atoms with Gasteiger partial charge in [-0.1, -0.05) is 0 Å². The number of aromatic nitrogens is 2. The first-order chi connectivity index (χ1) is 15.2. The van der Waals surface area contributed by atoms with E-state index in [-0.39, 0.29) is 4.57 Å². The maximum atomic E-state index is 12.5. The number of aliphatic hydroxyl groups is 2. The van der Waals surface area contributed by atoms with E-state index in [2.05, 4.69) is 22.9 Å². The van der Waals surface area contributed by atoms with E-state index < -0.39 is 78.2 Å². The molecule has 2 rings (SSSR count). The van der Waals surface area contributed by atoms with Gasteiger partial charge in [-0.15, -0.1) is 13.2 Å². The molecule has 0 saturated carbocycles. The summed E-state index contributed by atoms with van der Waals surface area (Å²) in [4.78, 5) is 50.4. The summed E-state index contributed by atoms with van der Waals surface area (Å²) in [6.45, 7) is -1.23. The fourth-order valence-corrected chi connectivity index (χ4v) is 5.45. The number of nitrogens with zero attached hydrogens (tertiary/aromatic N) is 2. The van der Waals surface area contributed by atoms with Crippen molar-refractivity contribution in [1.29, 1.82) is 0 Å². The van der Waals surface area contributed by atoms with Crippen molar-refractivity contribution in [3.8, 4) is 5.75 Å². The average Bonchev–Trinajstić information content (AvgIpc) is 2.86. The summed E-state index contributed by atoms with van der Waals surface area (Å²) in [5, 5.41) is 20.1. The van der Waals surface area contributed by atoms with Gasteiger partial charge in [-0.3, -0.25) is 9.09 Å². The number of nitrogen functional groups attached to an aromatic ring is 1. The molecule has 1 aromatic rings. The van der Waals surface area contributed by atoms with Gasteiger partial charge < -0.3 is 45.0 Å². The van der Waals surface area contributed by atoms with Crippen molar-refractivity contribution < 1.29 is 79.3 Å². The van der Waals surface area contributed by atoms with Gasteiger partial charge in [-0.25, -0.2) is 18.5 Å². The van der Waals surface area contributed by atoms with Crippen LogP contribution in [-0.2, 0) is 31.6 Å². The Hall–Kier alpha value is -1.44. The Balaban J connectivity index is 2.16. The molecule has 6 unspecified atom stereocenters. The number of phosphoric ester groups is 1. The summed E-state index contributed by atoms with van der Waals surface area (Å²) < 4.78 is 91.0. The van der Waals surface area contributed by atoms with Gasteiger partial charge in [0.25, 0.3) is 0 Å². The highest BCUT2D eigenvalue weighted by atomic mass is 31.3. The second-order valence-corrected chi connectivity index (χ2v) is 10.6. The van der Waals surface area contributed by atoms with Crippen molar-refractivity contribution in [3.05, 3.63) is 16.7 Å². The summed E-state index contributed by atoms with van der Waals surface area (Å²) in [5.41, 5.74) is 3.81. The number of ether oxygens (including phenoxy) is 2. The number of anilines is 1. The van der Waals surface area contributed by atoms with E-state index in [1.54, 1.807) is 0 Å². The molecule has 34 heavy (non-hydrogen) atoms. The Kier molecular flexibility index (Phi) is 8.39. The van der Waals surface area contributed by atoms with Crippen LogP contribution in [-0.4, -0.2) is 70.6 Å². The van der Waals surface area contributed by atoms with Crippen LogP contribution >= 0.6 is 23.5 Å². The van der Waals surface area contributed by atoms with Crippen LogP contribution in [0, 0.1) is 0 Å². The Morgan fingerprint density at radius 3 is 2.21 bits per heavy atom. The minimum Gasteiger partial charge on any atom is -0.400 e. The van der Waals surface area contributed by atoms with E-state index in [9.17, 15) is 46.8 Å². The van der Waals surface area contributed by atoms with E-state index in [1.165, 1.54) is 0 Å². The molecule has 0 bridgehead atoms. The quantitative estimate of drug-likeness (QED) is 0.170. The molecule has 6 atom stereocenters. The fourth-order valence-electron chi connectivity index (χ4n) is 2.42. The number of rotatable bonds is 9. The predicted molar refractivity (Wildman–Crippen MR) is 95.3 cm³/mol. The molecule has 1 aliphatic rings. The Labute approximate surface area is 184 Å². The first kappa shape index (κ1) is 28.8. The lowest BCUT2D eigenvalue weighted by Crippen LogP contribution is -2.36. The highest BCUT2D eigenvalue weighted by Crippen LogP contribution is 2.66. The number of phosphoric acid groups is 3. The molecule has 1 aliphatic heterocycles. The van der Waals surface area contributed by atoms with Crippen LogP contribution in [0.2, 0.25) is 0 Å². The maximum absolute atomic E-state index is 12.5. The predicted octanol–water partition coefficient (Wildman–Crippen LogP) is -1.31. The third-order valence-corrected chi connectivity index (χ3v) is 7.40. The smallest absolute Gasteiger partial charge is 0.400 e. The molecule has 0 aliphatic carbocycles. The third-order valence-electron chi connectivity index (χ3n) is 3.60. The first-order valence-electron chi connectivity index (χ1n) is 8.14. The number of nitrogens with two attached hydrogens (primary N) is 1. The topological polar surface area (TPSA) is 280 Å². The molecular weight excluding hydrogens is 552 g/mol. The Morgan fingerprint density at radius 2 is 1.68 bits per heavy atom. The maximum Gasteiger partial charge on any atom is 0.573 e. The molecule has 2 heterocycles. The highest BCUT2D eigenvalue weighted by molar-refractivity contribution is 7.66. The van der Waals surface area contributed by atoms with Gasteiger partial charge in [-0.05, 0) is 0 Å². The second-order valence-electron chi connectivity index (χ2n) is 6.16. The molecule has 1 fully saturated rings. The molecule has 0 aromatic carbocycles. The van der Waals surface area contributed by atoms with Gasteiger partial charge in [0.1, 0.15) is 18.3 Å². The minimum absolute atomic E-state index is 0.246. The van der Waals surface area contributed by atoms with Gasteiger partial charge in [0.15, 0.2) is 17.8 Å². The number of alkyl halides is 3. The monoisotopic (exact) mass is 567 g/mol. The summed E-state index contributed by atoms with van der Waals surface area (Å²) in [6.07, 6.45) is -12.8. The Bertz CT molecular complexity index is 1110. The van der Waals surface area contributed by atoms with Gasteiger partial charge in [-0.2, -0.15) is 13.6 Å². The van der Waals surface area contributed by atoms with Gasteiger partial charge in [0.2, 0.25) is 0 Å². The van der Waals surface area contributed by atoms with Crippen molar-refractivity contribution in [1.82, 2.24) is 9.55 Å². The summed E-state index contributed by atoms with van der Waals surface area (Å²) in [6, 6.07) is 0. The minimum atomic E-state index is -5.84. The zero-order chi connectivity index (χ0) is 26.3. The van der Waals surface area contributed by atoms with Gasteiger partial charge in [0.05, 0.1) is 12.8 Å². The molecule has 8 N–H and O–H groups in total. The second kappa shape index (κ2) is 9.90. The first-order valence-corrected chi connectivity index (χ1v) is 12.7. The van der Waals surface area contributed by atoms with Crippen molar-refractivity contribution in [2.75, 3.05) is 12.3 Å². The molecule has 196 valence electrons. The summed E-state index contributed by atoms with van der Waals surface area (Å²) >= 11 is 0. The van der Waals surface area contributed by atoms with Crippen molar-refractivity contribution in [2.45, 2.75) is 30.9 Å². The number of hydrogen-bond acceptors (Lipinski definition) is 13. The van der Waals surface area contributed by atoms with E-state index in [4.69, 9.17) is 25.2 Å². The standard InChI is InChI=1S/C10H15F3N3O15P3/c11-10(12,13)29-3-1-16(9(19)15-7(3)14)8-6(18)5(17)4(28-8)2-27-33(23,24)31-34(25,26)30-32(20,21)22/h1,4-6,8,17-18H,2H2,(H,23,24)(H,25,26)(H2,14,15,19)(H2,20,21,22). The largest absolute Gasteiger partial charge is 0.573 e. The number of halogens is 3. The molecule has 1 aromatic heterocycles. The van der Waals surface area contributed by atoms with Crippen LogP contribution < -0.4 is 16.2 Å². The number of aliphatic hydroxyl groups excluding tert-OH is 2. The molecule has 24 heteroatoms. The van der Waals surface area contributed by atoms with Crippen LogP contribution in [0.25, 0.3) is 0 Å². The number of hydrogen-bond donors (Lipinski definition) is 7. The molecular formula is C10H15F3N3O15P3. The van der Waals surface area contributed by atoms with E-state index >= 15 is 0 Å². The molecule has 0 spiro atoms. The van der Waals surface area contributed by atoms with Crippen LogP contribution in [0.5, 0.6) is 5.75 Å². The van der Waals surface area contributed by atoms with Crippen molar-refractivity contribution in [3.63, 3.8) is 0 Å². The van der Waals surface area contributed by atoms with E-state index in [0.29, 0.717) is 6.20 Å². The van der Waals surface area contributed by atoms with Crippen LogP contribution in [0.15, 0.2) is 11.0 Å². The third kappa shape index (κ3) is 8.06. The molecule has 0 radical (unpaired) electrons. The summed E-state index contributed by atoms with van der Waals surface area (Å²) in [5.74, 6) is -2.15. The molecule has 1 saturated heterocycles. The van der Waals surface area contributed by atoms with Crippen molar-refractivity contribution >= 4 is 29.3 Å². The normalized spacial score (nSPS) is 27.2. The van der Waals surface area contributed by atoms with Crippen LogP contribution in [0.4, 0.5) is 19.0 Å². The average molecular weight is 567 g/mol. The lowest BCUT2D eigenvalue weighted by atomic mass is 10.1. The van der Waals surface area contributed by atoms with E-state index in [1.807, 2.05) is 0 Å². The van der Waals surface area contributed by atoms with Crippen LogP contribution in [0.3, 0.4) is 0 Å². The lowest BCUT2D eigenvalue weighted by Gasteiger charge is -2.19. The lowest BCUT2D eigenvalue weighted by molar-refractivity contribution is -0.274. The molecule has 18 nitrogen and oxygen atoms in total. The Morgan fingerprint density at radius 1 is 1.09 bits per heavy atom. The highest BCUT2D eigenvalue weighted by Gasteiger charge is 2.47. The zero-order valence-corrected chi connectivity index (χ0v) is 18.6. The zero-order valence-electron chi connectivity index (χ0n) is 15.9. The van der Waals surface area contributed by atoms with Gasteiger partial charge >= 0.3 is 35.5 Å². The van der Waals surface area contributed by atoms with Gasteiger partial charge in [0, 0.05) is 0 Å². The fraction of sp³-hybridized carbons (Fsp3) is 0.600. The SMILES string of the molecule is Nc1nc(=O)n(C2OC(COP(=O)(O)OP(=O)(O)OP(=O)(O)O)C(O)C2O)cc1OC(F)(F)F. The van der Waals surface area contributed by atoms with Crippen molar-refractivity contribution in [2.24, 2.45) is 0 Å². The summed E-state index contributed by atoms with van der Waals surface area (Å²) in [7, 11) is -17.1. The van der Waals surface area contributed by atoms with E-state index in [0.717, 1.165) is 0 Å².